The van der Waals surface area contributed by atoms with Crippen LogP contribution < -0.4 is 0 Å². The molecule has 1 heteroatoms. The summed E-state index contributed by atoms with van der Waals surface area (Å²) in [4.78, 5) is 2.45. The maximum absolute atomic E-state index is 2.45. The first-order valence-electron chi connectivity index (χ1n) is 7.69. The van der Waals surface area contributed by atoms with Crippen molar-refractivity contribution in [3.05, 3.63) is 35.4 Å². The predicted molar refractivity (Wildman–Crippen MR) is 83.5 cm³/mol. The van der Waals surface area contributed by atoms with Gasteiger partial charge in [0.05, 0.1) is 0 Å². The summed E-state index contributed by atoms with van der Waals surface area (Å²) in [6.07, 6.45) is 5.16. The lowest BCUT2D eigenvalue weighted by atomic mass is 9.86. The van der Waals surface area contributed by atoms with E-state index in [-0.39, 0.29) is 0 Å². The van der Waals surface area contributed by atoms with Crippen molar-refractivity contribution in [1.29, 1.82) is 0 Å². The van der Waals surface area contributed by atoms with Crippen LogP contribution in [0.1, 0.15) is 44.7 Å². The molecule has 0 radical (unpaired) electrons. The zero-order valence-corrected chi connectivity index (χ0v) is 13.1. The standard InChI is InChI=1S/C18H29N/c1-18(2,3)14-17-7-5-15(6-8-17)13-16-9-11-19(4)12-10-16/h5-8,16H,9-14H2,1-4H3. The van der Waals surface area contributed by atoms with Gasteiger partial charge < -0.3 is 4.90 Å². The van der Waals surface area contributed by atoms with E-state index in [4.69, 9.17) is 0 Å². The van der Waals surface area contributed by atoms with Crippen LogP contribution in [0.5, 0.6) is 0 Å². The zero-order valence-electron chi connectivity index (χ0n) is 13.1. The van der Waals surface area contributed by atoms with Crippen molar-refractivity contribution in [2.75, 3.05) is 20.1 Å². The Labute approximate surface area is 119 Å². The van der Waals surface area contributed by atoms with Crippen molar-refractivity contribution in [2.24, 2.45) is 11.3 Å². The highest BCUT2D eigenvalue weighted by Crippen LogP contribution is 2.23. The molecule has 1 aliphatic heterocycles. The second kappa shape index (κ2) is 6.09. The second-order valence-electron chi connectivity index (χ2n) is 7.50. The second-order valence-corrected chi connectivity index (χ2v) is 7.50. The van der Waals surface area contributed by atoms with Gasteiger partial charge in [-0.1, -0.05) is 45.0 Å². The van der Waals surface area contributed by atoms with Gasteiger partial charge in [-0.25, -0.2) is 0 Å². The van der Waals surface area contributed by atoms with Crippen LogP contribution in [0.2, 0.25) is 0 Å². The van der Waals surface area contributed by atoms with E-state index in [1.54, 1.807) is 0 Å². The molecular weight excluding hydrogens is 230 g/mol. The number of hydrogen-bond acceptors (Lipinski definition) is 1. The van der Waals surface area contributed by atoms with Gasteiger partial charge in [0.1, 0.15) is 0 Å². The molecule has 1 aromatic rings. The molecule has 1 fully saturated rings. The summed E-state index contributed by atoms with van der Waals surface area (Å²) in [6.45, 7) is 9.46. The topological polar surface area (TPSA) is 3.24 Å². The molecule has 0 unspecified atom stereocenters. The first-order valence-corrected chi connectivity index (χ1v) is 7.69. The summed E-state index contributed by atoms with van der Waals surface area (Å²) in [5, 5.41) is 0. The van der Waals surface area contributed by atoms with Crippen molar-refractivity contribution in [3.8, 4) is 0 Å². The smallest absolute Gasteiger partial charge is 0.00190 e. The van der Waals surface area contributed by atoms with Crippen LogP contribution in [-0.2, 0) is 12.8 Å². The van der Waals surface area contributed by atoms with Gasteiger partial charge in [0.15, 0.2) is 0 Å². The molecule has 2 rings (SSSR count). The molecule has 0 saturated carbocycles. The van der Waals surface area contributed by atoms with Crippen molar-refractivity contribution >= 4 is 0 Å². The Balaban J connectivity index is 1.88. The number of benzene rings is 1. The lowest BCUT2D eigenvalue weighted by molar-refractivity contribution is 0.219. The van der Waals surface area contributed by atoms with Crippen LogP contribution in [-0.4, -0.2) is 25.0 Å². The summed E-state index contributed by atoms with van der Waals surface area (Å²) in [7, 11) is 2.23. The zero-order chi connectivity index (χ0) is 13.9. The molecule has 0 aliphatic carbocycles. The van der Waals surface area contributed by atoms with Crippen LogP contribution >= 0.6 is 0 Å². The molecule has 1 aromatic carbocycles. The molecule has 1 heterocycles. The highest BCUT2D eigenvalue weighted by atomic mass is 15.1. The monoisotopic (exact) mass is 259 g/mol. The van der Waals surface area contributed by atoms with Crippen LogP contribution in [0.15, 0.2) is 24.3 Å². The van der Waals surface area contributed by atoms with Gasteiger partial charge in [-0.3, -0.25) is 0 Å². The molecular formula is C18H29N. The number of nitrogens with zero attached hydrogens (tertiary/aromatic N) is 1. The fraction of sp³-hybridized carbons (Fsp3) is 0.667. The molecule has 19 heavy (non-hydrogen) atoms. The van der Waals surface area contributed by atoms with Gasteiger partial charge in [0, 0.05) is 0 Å². The number of likely N-dealkylation sites (tertiary alicyclic amines) is 1. The Morgan fingerprint density at radius 2 is 1.53 bits per heavy atom. The van der Waals surface area contributed by atoms with E-state index in [2.05, 4.69) is 57.0 Å². The lowest BCUT2D eigenvalue weighted by Gasteiger charge is -2.29. The SMILES string of the molecule is CN1CCC(Cc2ccc(CC(C)(C)C)cc2)CC1. The van der Waals surface area contributed by atoms with E-state index in [0.29, 0.717) is 5.41 Å². The van der Waals surface area contributed by atoms with Crippen LogP contribution in [0.3, 0.4) is 0 Å². The normalized spacial score (nSPS) is 18.7. The van der Waals surface area contributed by atoms with Gasteiger partial charge in [-0.05, 0) is 68.3 Å². The Kier molecular flexibility index (Phi) is 4.67. The van der Waals surface area contributed by atoms with Crippen molar-refractivity contribution < 1.29 is 0 Å². The third kappa shape index (κ3) is 4.99. The Morgan fingerprint density at radius 1 is 1.00 bits per heavy atom. The molecule has 0 atom stereocenters. The first-order chi connectivity index (χ1) is 8.92. The molecule has 106 valence electrons. The van der Waals surface area contributed by atoms with E-state index in [1.165, 1.54) is 49.9 Å². The molecule has 0 amide bonds. The number of rotatable bonds is 3. The quantitative estimate of drug-likeness (QED) is 0.788. The molecule has 0 spiro atoms. The van der Waals surface area contributed by atoms with E-state index in [1.807, 2.05) is 0 Å². The molecule has 0 bridgehead atoms. The Bertz CT molecular complexity index is 377. The average molecular weight is 259 g/mol. The fourth-order valence-electron chi connectivity index (χ4n) is 3.01. The Morgan fingerprint density at radius 3 is 2.05 bits per heavy atom. The van der Waals surface area contributed by atoms with Crippen LogP contribution in [0.25, 0.3) is 0 Å². The van der Waals surface area contributed by atoms with Crippen LogP contribution in [0.4, 0.5) is 0 Å². The first kappa shape index (κ1) is 14.6. The number of piperidine rings is 1. The highest BCUT2D eigenvalue weighted by molar-refractivity contribution is 5.23. The van der Waals surface area contributed by atoms with Gasteiger partial charge >= 0.3 is 0 Å². The predicted octanol–water partition coefficient (Wildman–Crippen LogP) is 4.16. The molecule has 0 N–H and O–H groups in total. The van der Waals surface area contributed by atoms with Crippen molar-refractivity contribution in [1.82, 2.24) is 4.90 Å². The van der Waals surface area contributed by atoms with Gasteiger partial charge in [0.25, 0.3) is 0 Å². The minimum atomic E-state index is 0.384. The highest BCUT2D eigenvalue weighted by Gasteiger charge is 2.17. The molecule has 0 aromatic heterocycles. The van der Waals surface area contributed by atoms with E-state index < -0.39 is 0 Å². The lowest BCUT2D eigenvalue weighted by Crippen LogP contribution is -2.30. The summed E-state index contributed by atoms with van der Waals surface area (Å²) in [5.41, 5.74) is 3.38. The minimum Gasteiger partial charge on any atom is -0.306 e. The third-order valence-electron chi connectivity index (χ3n) is 4.12. The minimum absolute atomic E-state index is 0.384. The van der Waals surface area contributed by atoms with Crippen molar-refractivity contribution in [3.63, 3.8) is 0 Å². The largest absolute Gasteiger partial charge is 0.306 e. The van der Waals surface area contributed by atoms with E-state index >= 15 is 0 Å². The van der Waals surface area contributed by atoms with Gasteiger partial charge in [0.2, 0.25) is 0 Å². The van der Waals surface area contributed by atoms with Crippen LogP contribution in [0, 0.1) is 11.3 Å². The summed E-state index contributed by atoms with van der Waals surface area (Å²) < 4.78 is 0. The summed E-state index contributed by atoms with van der Waals surface area (Å²) in [6, 6.07) is 9.35. The van der Waals surface area contributed by atoms with Crippen molar-refractivity contribution in [2.45, 2.75) is 46.5 Å². The third-order valence-corrected chi connectivity index (χ3v) is 4.12. The summed E-state index contributed by atoms with van der Waals surface area (Å²) >= 11 is 0. The van der Waals surface area contributed by atoms with Gasteiger partial charge in [-0.15, -0.1) is 0 Å². The number of hydrogen-bond donors (Lipinski definition) is 0. The maximum atomic E-state index is 2.45. The van der Waals surface area contributed by atoms with E-state index in [0.717, 1.165) is 5.92 Å². The molecule has 1 aliphatic rings. The fourth-order valence-corrected chi connectivity index (χ4v) is 3.01. The average Bonchev–Trinajstić information content (AvgIpc) is 2.33. The summed E-state index contributed by atoms with van der Waals surface area (Å²) in [5.74, 6) is 0.893. The van der Waals surface area contributed by atoms with E-state index in [9.17, 15) is 0 Å². The molecule has 1 saturated heterocycles. The van der Waals surface area contributed by atoms with Gasteiger partial charge in [-0.2, -0.15) is 0 Å². The maximum Gasteiger partial charge on any atom is -0.00190 e. The molecule has 1 nitrogen and oxygen atoms in total. The Hall–Kier alpha value is -0.820.